The quantitative estimate of drug-likeness (QED) is 0.374. The zero-order valence-electron chi connectivity index (χ0n) is 14.8. The van der Waals surface area contributed by atoms with E-state index in [1.54, 1.807) is 12.1 Å². The van der Waals surface area contributed by atoms with Crippen molar-refractivity contribution >= 4 is 58.4 Å². The summed E-state index contributed by atoms with van der Waals surface area (Å²) in [5.41, 5.74) is 0.849. The van der Waals surface area contributed by atoms with Gasteiger partial charge in [0.1, 0.15) is 0 Å². The molecule has 0 bridgehead atoms. The van der Waals surface area contributed by atoms with Crippen molar-refractivity contribution in [2.24, 2.45) is 0 Å². The van der Waals surface area contributed by atoms with Crippen LogP contribution in [0.1, 0.15) is 12.5 Å². The molecular formula is C19H16Cl3NO5. The molecule has 148 valence electrons. The van der Waals surface area contributed by atoms with Gasteiger partial charge in [-0.3, -0.25) is 4.79 Å². The van der Waals surface area contributed by atoms with Crippen molar-refractivity contribution in [1.29, 1.82) is 0 Å². The molecule has 9 heteroatoms. The number of methoxy groups -OCH3 is 1. The lowest BCUT2D eigenvalue weighted by molar-refractivity contribution is -0.148. The predicted molar refractivity (Wildman–Crippen MR) is 109 cm³/mol. The number of benzene rings is 2. The number of hydrogen-bond donors (Lipinski definition) is 2. The van der Waals surface area contributed by atoms with Gasteiger partial charge in [-0.2, -0.15) is 0 Å². The normalized spacial score (nSPS) is 11.9. The SMILES string of the molecule is COc1cc(/C=C/C(=O)OC(C)C(=O)Nc2cc(Cl)c(Cl)cc2Cl)ccc1O. The van der Waals surface area contributed by atoms with Crippen LogP contribution in [0.5, 0.6) is 11.5 Å². The van der Waals surface area contributed by atoms with Gasteiger partial charge in [-0.1, -0.05) is 40.9 Å². The van der Waals surface area contributed by atoms with E-state index in [9.17, 15) is 14.7 Å². The van der Waals surface area contributed by atoms with Gasteiger partial charge in [-0.15, -0.1) is 0 Å². The molecule has 1 amide bonds. The van der Waals surface area contributed by atoms with Crippen LogP contribution in [0.2, 0.25) is 15.1 Å². The summed E-state index contributed by atoms with van der Waals surface area (Å²) in [6.07, 6.45) is 1.53. The molecule has 2 rings (SSSR count). The highest BCUT2D eigenvalue weighted by Crippen LogP contribution is 2.32. The average molecular weight is 445 g/mol. The first-order valence-electron chi connectivity index (χ1n) is 7.92. The van der Waals surface area contributed by atoms with E-state index in [-0.39, 0.29) is 32.3 Å². The molecule has 0 heterocycles. The molecule has 28 heavy (non-hydrogen) atoms. The number of amides is 1. The first kappa shape index (κ1) is 21.9. The summed E-state index contributed by atoms with van der Waals surface area (Å²) < 4.78 is 10.0. The molecule has 0 fully saturated rings. The van der Waals surface area contributed by atoms with Gasteiger partial charge in [0.15, 0.2) is 17.6 Å². The van der Waals surface area contributed by atoms with Crippen LogP contribution >= 0.6 is 34.8 Å². The molecule has 6 nitrogen and oxygen atoms in total. The molecule has 0 aromatic heterocycles. The highest BCUT2D eigenvalue weighted by atomic mass is 35.5. The fourth-order valence-corrected chi connectivity index (χ4v) is 2.68. The molecule has 2 aromatic carbocycles. The van der Waals surface area contributed by atoms with Gasteiger partial charge in [-0.25, -0.2) is 4.79 Å². The van der Waals surface area contributed by atoms with Gasteiger partial charge in [0.25, 0.3) is 5.91 Å². The molecule has 1 atom stereocenters. The third-order valence-corrected chi connectivity index (χ3v) is 4.58. The predicted octanol–water partition coefficient (Wildman–Crippen LogP) is 4.94. The van der Waals surface area contributed by atoms with Gasteiger partial charge >= 0.3 is 5.97 Å². The first-order valence-corrected chi connectivity index (χ1v) is 9.05. The number of anilines is 1. The molecule has 0 radical (unpaired) electrons. The summed E-state index contributed by atoms with van der Waals surface area (Å²) in [7, 11) is 1.41. The number of phenolic OH excluding ortho intramolecular Hbond substituents is 1. The Morgan fingerprint density at radius 3 is 2.46 bits per heavy atom. The van der Waals surface area contributed by atoms with Crippen molar-refractivity contribution in [1.82, 2.24) is 0 Å². The molecule has 0 aliphatic carbocycles. The van der Waals surface area contributed by atoms with E-state index >= 15 is 0 Å². The lowest BCUT2D eigenvalue weighted by atomic mass is 10.2. The number of hydrogen-bond acceptors (Lipinski definition) is 5. The van der Waals surface area contributed by atoms with E-state index in [1.165, 1.54) is 38.3 Å². The zero-order valence-corrected chi connectivity index (χ0v) is 17.1. The van der Waals surface area contributed by atoms with Crippen molar-refractivity contribution in [3.05, 3.63) is 57.0 Å². The Labute approximate surface area is 176 Å². The minimum Gasteiger partial charge on any atom is -0.504 e. The van der Waals surface area contributed by atoms with E-state index in [4.69, 9.17) is 44.3 Å². The second-order valence-corrected chi connectivity index (χ2v) is 6.80. The van der Waals surface area contributed by atoms with Gasteiger partial charge in [-0.05, 0) is 42.8 Å². The van der Waals surface area contributed by atoms with E-state index in [0.29, 0.717) is 5.56 Å². The van der Waals surface area contributed by atoms with Crippen LogP contribution < -0.4 is 10.1 Å². The summed E-state index contributed by atoms with van der Waals surface area (Å²) in [6.45, 7) is 1.41. The Morgan fingerprint density at radius 1 is 1.11 bits per heavy atom. The third kappa shape index (κ3) is 5.79. The standard InChI is InChI=1S/C19H16Cl3NO5/c1-10(19(26)23-15-9-13(21)12(20)8-14(15)22)28-18(25)6-4-11-3-5-16(24)17(7-11)27-2/h3-10,24H,1-2H3,(H,23,26)/b6-4+. The third-order valence-electron chi connectivity index (χ3n) is 3.55. The second-order valence-electron chi connectivity index (χ2n) is 5.58. The molecule has 2 aromatic rings. The zero-order chi connectivity index (χ0) is 20.8. The van der Waals surface area contributed by atoms with E-state index in [2.05, 4.69) is 5.32 Å². The Balaban J connectivity index is 1.98. The van der Waals surface area contributed by atoms with Crippen molar-refractivity contribution < 1.29 is 24.2 Å². The number of esters is 1. The average Bonchev–Trinajstić information content (AvgIpc) is 2.65. The van der Waals surface area contributed by atoms with Crippen molar-refractivity contribution in [2.75, 3.05) is 12.4 Å². The smallest absolute Gasteiger partial charge is 0.331 e. The topological polar surface area (TPSA) is 84.9 Å². The maximum atomic E-state index is 12.2. The fourth-order valence-electron chi connectivity index (χ4n) is 2.08. The fraction of sp³-hybridized carbons (Fsp3) is 0.158. The number of ether oxygens (including phenoxy) is 2. The van der Waals surface area contributed by atoms with Crippen molar-refractivity contribution in [3.8, 4) is 11.5 Å². The van der Waals surface area contributed by atoms with Gasteiger partial charge in [0.2, 0.25) is 0 Å². The monoisotopic (exact) mass is 443 g/mol. The van der Waals surface area contributed by atoms with Crippen molar-refractivity contribution in [3.63, 3.8) is 0 Å². The number of nitrogens with one attached hydrogen (secondary N) is 1. The van der Waals surface area contributed by atoms with Crippen LogP contribution in [0.4, 0.5) is 5.69 Å². The van der Waals surface area contributed by atoms with Gasteiger partial charge in [0, 0.05) is 6.08 Å². The Morgan fingerprint density at radius 2 is 1.79 bits per heavy atom. The minimum atomic E-state index is -1.09. The van der Waals surface area contributed by atoms with Crippen LogP contribution in [-0.2, 0) is 14.3 Å². The highest BCUT2D eigenvalue weighted by molar-refractivity contribution is 6.44. The van der Waals surface area contributed by atoms with Crippen LogP contribution in [0.15, 0.2) is 36.4 Å². The summed E-state index contributed by atoms with van der Waals surface area (Å²) >= 11 is 17.7. The van der Waals surface area contributed by atoms with Crippen LogP contribution in [0, 0.1) is 0 Å². The number of carbonyl (C=O) groups excluding carboxylic acids is 2. The minimum absolute atomic E-state index is 0.0199. The number of carbonyl (C=O) groups is 2. The number of phenols is 1. The molecule has 0 saturated heterocycles. The maximum Gasteiger partial charge on any atom is 0.331 e. The Hall–Kier alpha value is -2.41. The molecule has 0 aliphatic heterocycles. The summed E-state index contributed by atoms with van der Waals surface area (Å²) in [6, 6.07) is 7.36. The highest BCUT2D eigenvalue weighted by Gasteiger charge is 2.18. The van der Waals surface area contributed by atoms with E-state index in [1.807, 2.05) is 0 Å². The lowest BCUT2D eigenvalue weighted by Gasteiger charge is -2.14. The maximum absolute atomic E-state index is 12.2. The van der Waals surface area contributed by atoms with Gasteiger partial charge in [0.05, 0.1) is 27.9 Å². The molecule has 0 aliphatic rings. The largest absolute Gasteiger partial charge is 0.504 e. The Bertz CT molecular complexity index is 930. The molecule has 0 spiro atoms. The molecular weight excluding hydrogens is 429 g/mol. The summed E-state index contributed by atoms with van der Waals surface area (Å²) in [5, 5.41) is 12.7. The molecule has 2 N–H and O–H groups in total. The van der Waals surface area contributed by atoms with Gasteiger partial charge < -0.3 is 19.9 Å². The van der Waals surface area contributed by atoms with Crippen LogP contribution in [-0.4, -0.2) is 30.2 Å². The molecule has 0 saturated carbocycles. The van der Waals surface area contributed by atoms with Crippen LogP contribution in [0.3, 0.4) is 0 Å². The first-order chi connectivity index (χ1) is 13.2. The van der Waals surface area contributed by atoms with Crippen LogP contribution in [0.25, 0.3) is 6.08 Å². The number of halogens is 3. The lowest BCUT2D eigenvalue weighted by Crippen LogP contribution is -2.29. The summed E-state index contributed by atoms with van der Waals surface area (Å²) in [4.78, 5) is 24.1. The second kappa shape index (κ2) is 9.68. The summed E-state index contributed by atoms with van der Waals surface area (Å²) in [5.74, 6) is -1.07. The number of rotatable bonds is 6. The number of aromatic hydroxyl groups is 1. The Kier molecular flexibility index (Phi) is 7.57. The van der Waals surface area contributed by atoms with E-state index in [0.717, 1.165) is 6.08 Å². The van der Waals surface area contributed by atoms with E-state index < -0.39 is 18.0 Å². The van der Waals surface area contributed by atoms with Crippen molar-refractivity contribution in [2.45, 2.75) is 13.0 Å². The molecule has 1 unspecified atom stereocenters.